The fourth-order valence-corrected chi connectivity index (χ4v) is 8.56. The molecular weight excluding hydrogens is 807 g/mol. The molecule has 0 saturated carbocycles. The fraction of sp³-hybridized carbons (Fsp3) is 0.239. The number of rotatable bonds is 9. The summed E-state index contributed by atoms with van der Waals surface area (Å²) in [5.41, 5.74) is 5.81. The summed E-state index contributed by atoms with van der Waals surface area (Å²) in [7, 11) is 1.60. The van der Waals surface area contributed by atoms with Crippen LogP contribution in [0.25, 0.3) is 43.2 Å². The maximum atomic E-state index is 14.2. The Hall–Kier alpha value is -6.15. The van der Waals surface area contributed by atoms with Crippen molar-refractivity contribution in [1.82, 2.24) is 19.9 Å². The molecule has 1 N–H and O–H groups in total. The molecule has 0 amide bonds. The zero-order valence-corrected chi connectivity index (χ0v) is 34.6. The van der Waals surface area contributed by atoms with Gasteiger partial charge < -0.3 is 28.8 Å². The molecule has 0 radical (unpaired) electrons. The molecule has 0 fully saturated rings. The lowest BCUT2D eigenvalue weighted by Crippen LogP contribution is -2.32. The number of benzene rings is 4. The maximum Gasteiger partial charge on any atom is 0.347 e. The summed E-state index contributed by atoms with van der Waals surface area (Å²) in [5, 5.41) is 11.4. The van der Waals surface area contributed by atoms with Gasteiger partial charge in [-0.15, -0.1) is 11.3 Å². The molecule has 5 heterocycles. The highest BCUT2D eigenvalue weighted by Crippen LogP contribution is 2.49. The number of aliphatic hydroxyl groups is 1. The minimum atomic E-state index is -1.17. The smallest absolute Gasteiger partial charge is 0.347 e. The Morgan fingerprint density at radius 2 is 1.82 bits per heavy atom. The fourth-order valence-electron chi connectivity index (χ4n) is 7.19. The molecule has 14 heteroatoms. The zero-order chi connectivity index (χ0) is 41.8. The monoisotopic (exact) mass is 846 g/mol. The summed E-state index contributed by atoms with van der Waals surface area (Å²) in [6.45, 7) is 3.58. The normalized spacial score (nSPS) is 15.2. The van der Waals surface area contributed by atoms with Crippen molar-refractivity contribution in [2.75, 3.05) is 20.3 Å². The molecule has 60 heavy (non-hydrogen) atoms. The molecule has 0 unspecified atom stereocenters. The minimum absolute atomic E-state index is 0.0487. The Balaban J connectivity index is 1.24. The molecule has 2 atom stereocenters. The van der Waals surface area contributed by atoms with Gasteiger partial charge in [0.2, 0.25) is 12.0 Å². The summed E-state index contributed by atoms with van der Waals surface area (Å²) < 4.78 is 44.8. The maximum absolute atomic E-state index is 14.2. The van der Waals surface area contributed by atoms with E-state index < -0.39 is 18.2 Å². The number of nitrogens with zero attached hydrogens (tertiary/aromatic N) is 4. The molecule has 0 saturated heterocycles. The summed E-state index contributed by atoms with van der Waals surface area (Å²) in [6.07, 6.45) is 2.34. The second kappa shape index (κ2) is 18.0. The standard InChI is InChI=1S/C46H40ClFN4O7S/c1-4-56-46(54)38-22-29-21-27(10-17-35(29)57-24-31-19-20-49-43(52-31)34-7-5-6-8-36(34)55-3)9-15-32(23-53)58-37-18-16-33(26(2)41(37)47)39-40-44(59-38)50-25-51-45(40)60-42(39)28-11-13-30(48)14-12-28/h5-8,10-14,16-21,25,32,38,53H,4,9,15,22-24H2,1-3H3/t32-,38+/m0/s1. The van der Waals surface area contributed by atoms with Gasteiger partial charge in [0.1, 0.15) is 46.9 Å². The summed E-state index contributed by atoms with van der Waals surface area (Å²) in [4.78, 5) is 33.7. The van der Waals surface area contributed by atoms with Crippen molar-refractivity contribution in [3.8, 4) is 56.1 Å². The van der Waals surface area contributed by atoms with Gasteiger partial charge in [0.15, 0.2) is 5.82 Å². The first-order chi connectivity index (χ1) is 29.2. The molecule has 3 aromatic heterocycles. The van der Waals surface area contributed by atoms with Crippen LogP contribution < -0.4 is 18.9 Å². The molecule has 2 aliphatic heterocycles. The van der Waals surface area contributed by atoms with Crippen LogP contribution >= 0.6 is 22.9 Å². The van der Waals surface area contributed by atoms with Gasteiger partial charge in [-0.05, 0) is 97.0 Å². The average Bonchev–Trinajstić information content (AvgIpc) is 3.66. The quantitative estimate of drug-likeness (QED) is 0.139. The van der Waals surface area contributed by atoms with E-state index >= 15 is 0 Å². The van der Waals surface area contributed by atoms with E-state index in [0.717, 1.165) is 27.1 Å². The van der Waals surface area contributed by atoms with E-state index in [2.05, 4.69) is 15.0 Å². The number of para-hydroxylation sites is 1. The molecule has 9 rings (SSSR count). The van der Waals surface area contributed by atoms with Crippen molar-refractivity contribution >= 4 is 39.1 Å². The molecular formula is C46H40ClFN4O7S. The first-order valence-electron chi connectivity index (χ1n) is 19.4. The van der Waals surface area contributed by atoms with Gasteiger partial charge in [-0.1, -0.05) is 54.1 Å². The molecule has 0 aliphatic carbocycles. The number of aromatic nitrogens is 4. The average molecular weight is 847 g/mol. The Kier molecular flexibility index (Phi) is 12.2. The topological polar surface area (TPSA) is 135 Å². The van der Waals surface area contributed by atoms with Crippen LogP contribution in [0.1, 0.15) is 35.7 Å². The van der Waals surface area contributed by atoms with Crippen molar-refractivity contribution in [2.24, 2.45) is 0 Å². The van der Waals surface area contributed by atoms with Crippen molar-refractivity contribution in [2.45, 2.75) is 51.9 Å². The van der Waals surface area contributed by atoms with Crippen LogP contribution in [0, 0.1) is 12.7 Å². The number of carbonyl (C=O) groups is 1. The number of thiophene rings is 1. The van der Waals surface area contributed by atoms with Crippen molar-refractivity contribution in [3.05, 3.63) is 131 Å². The number of esters is 1. The predicted molar refractivity (Wildman–Crippen MR) is 227 cm³/mol. The minimum Gasteiger partial charge on any atom is -0.496 e. The Labute approximate surface area is 354 Å². The van der Waals surface area contributed by atoms with Gasteiger partial charge in [-0.3, -0.25) is 0 Å². The van der Waals surface area contributed by atoms with Gasteiger partial charge in [0.25, 0.3) is 0 Å². The Bertz CT molecular complexity index is 2680. The number of ether oxygens (including phenoxy) is 5. The molecule has 4 aromatic carbocycles. The van der Waals surface area contributed by atoms with Gasteiger partial charge in [0.05, 0.1) is 42.0 Å². The van der Waals surface area contributed by atoms with Crippen LogP contribution in [-0.4, -0.2) is 63.5 Å². The van der Waals surface area contributed by atoms with Crippen LogP contribution in [0.4, 0.5) is 4.39 Å². The molecule has 11 nitrogen and oxygen atoms in total. The Morgan fingerprint density at radius 1 is 0.983 bits per heavy atom. The third kappa shape index (κ3) is 8.46. The second-order valence-electron chi connectivity index (χ2n) is 14.0. The van der Waals surface area contributed by atoms with E-state index in [9.17, 15) is 14.3 Å². The molecule has 306 valence electrons. The van der Waals surface area contributed by atoms with Crippen LogP contribution in [0.15, 0.2) is 97.5 Å². The number of halogens is 2. The van der Waals surface area contributed by atoms with Crippen molar-refractivity contribution in [3.63, 3.8) is 0 Å². The van der Waals surface area contributed by atoms with Gasteiger partial charge in [0, 0.05) is 23.1 Å². The van der Waals surface area contributed by atoms with E-state index in [1.165, 1.54) is 29.8 Å². The highest BCUT2D eigenvalue weighted by molar-refractivity contribution is 7.22. The highest BCUT2D eigenvalue weighted by atomic mass is 35.5. The van der Waals surface area contributed by atoms with E-state index in [-0.39, 0.29) is 37.9 Å². The summed E-state index contributed by atoms with van der Waals surface area (Å²) >= 11 is 8.43. The summed E-state index contributed by atoms with van der Waals surface area (Å²) in [5.74, 6) is 1.24. The number of hydrogen-bond acceptors (Lipinski definition) is 12. The first kappa shape index (κ1) is 40.6. The highest BCUT2D eigenvalue weighted by Gasteiger charge is 2.30. The van der Waals surface area contributed by atoms with Gasteiger partial charge in [-0.2, -0.15) is 0 Å². The number of fused-ring (bicyclic) bond motifs is 7. The number of carbonyl (C=O) groups excluding carboxylic acids is 1. The SMILES string of the molecule is CCOC(=O)[C@H]1Cc2cc(ccc2OCc2ccnc(-c3ccccc3OC)n2)CC[C@@H](CO)Oc2ccc(c(C)c2Cl)-c2c(-c3ccc(F)cc3)sc3ncnc(c23)O1. The second-order valence-corrected chi connectivity index (χ2v) is 15.4. The lowest BCUT2D eigenvalue weighted by Gasteiger charge is -2.21. The van der Waals surface area contributed by atoms with Crippen LogP contribution in [0.3, 0.4) is 0 Å². The van der Waals surface area contributed by atoms with E-state index in [1.54, 1.807) is 44.5 Å². The van der Waals surface area contributed by atoms with E-state index in [0.29, 0.717) is 73.5 Å². The number of aliphatic hydroxyl groups excluding tert-OH is 1. The largest absolute Gasteiger partial charge is 0.496 e. The van der Waals surface area contributed by atoms with Crippen molar-refractivity contribution in [1.29, 1.82) is 0 Å². The molecule has 2 aliphatic rings. The number of aryl methyl sites for hydroxylation is 1. The van der Waals surface area contributed by atoms with Crippen LogP contribution in [0.5, 0.6) is 23.1 Å². The molecule has 7 aromatic rings. The van der Waals surface area contributed by atoms with E-state index in [1.807, 2.05) is 55.5 Å². The molecule has 4 bridgehead atoms. The van der Waals surface area contributed by atoms with Gasteiger partial charge >= 0.3 is 5.97 Å². The third-order valence-electron chi connectivity index (χ3n) is 10.2. The lowest BCUT2D eigenvalue weighted by atomic mass is 9.96. The molecule has 0 spiro atoms. The third-order valence-corrected chi connectivity index (χ3v) is 11.8. The predicted octanol–water partition coefficient (Wildman–Crippen LogP) is 9.41. The number of methoxy groups -OCH3 is 1. The number of hydrogen-bond donors (Lipinski definition) is 1. The van der Waals surface area contributed by atoms with E-state index in [4.69, 9.17) is 40.3 Å². The first-order valence-corrected chi connectivity index (χ1v) is 20.6. The summed E-state index contributed by atoms with van der Waals surface area (Å²) in [6, 6.07) is 24.9. The van der Waals surface area contributed by atoms with Crippen molar-refractivity contribution < 1.29 is 38.0 Å². The van der Waals surface area contributed by atoms with Crippen LogP contribution in [-0.2, 0) is 29.0 Å². The zero-order valence-electron chi connectivity index (χ0n) is 33.0. The lowest BCUT2D eigenvalue weighted by molar-refractivity contribution is -0.151. The van der Waals surface area contributed by atoms with Gasteiger partial charge in [-0.25, -0.2) is 29.1 Å². The Morgan fingerprint density at radius 3 is 2.62 bits per heavy atom. The van der Waals surface area contributed by atoms with Crippen LogP contribution in [0.2, 0.25) is 5.02 Å².